The fourth-order valence-corrected chi connectivity index (χ4v) is 2.66. The molecule has 1 aliphatic heterocycles. The summed E-state index contributed by atoms with van der Waals surface area (Å²) in [7, 11) is -0.874. The molecule has 1 fully saturated rings. The molecule has 5 nitrogen and oxygen atoms in total. The highest BCUT2D eigenvalue weighted by atomic mass is 32.2. The van der Waals surface area contributed by atoms with E-state index < -0.39 is 22.7 Å². The molecule has 0 aromatic carbocycles. The lowest BCUT2D eigenvalue weighted by molar-refractivity contribution is -0.148. The zero-order valence-corrected chi connectivity index (χ0v) is 11.0. The van der Waals surface area contributed by atoms with Crippen LogP contribution in [0.4, 0.5) is 0 Å². The van der Waals surface area contributed by atoms with Gasteiger partial charge >= 0.3 is 5.97 Å². The molecule has 0 aliphatic carbocycles. The molecule has 6 heteroatoms. The Bertz CT molecular complexity index is 331. The molecular weight excluding hydrogens is 242 g/mol. The van der Waals surface area contributed by atoms with Crippen molar-refractivity contribution < 1.29 is 18.9 Å². The smallest absolute Gasteiger partial charge is 0.308 e. The summed E-state index contributed by atoms with van der Waals surface area (Å²) >= 11 is 0. The zero-order chi connectivity index (χ0) is 13.0. The number of amides is 1. The molecule has 0 saturated carbocycles. The van der Waals surface area contributed by atoms with E-state index in [1.165, 1.54) is 0 Å². The highest BCUT2D eigenvalue weighted by Gasteiger charge is 2.32. The monoisotopic (exact) mass is 261 g/mol. The van der Waals surface area contributed by atoms with Gasteiger partial charge < -0.3 is 10.0 Å². The molecule has 0 aromatic heterocycles. The quantitative estimate of drug-likeness (QED) is 0.780. The van der Waals surface area contributed by atoms with Gasteiger partial charge in [0.25, 0.3) is 0 Å². The summed E-state index contributed by atoms with van der Waals surface area (Å²) in [6.45, 7) is 2.17. The third-order valence-electron chi connectivity index (χ3n) is 3.15. The van der Waals surface area contributed by atoms with Crippen LogP contribution in [0.3, 0.4) is 0 Å². The van der Waals surface area contributed by atoms with Crippen LogP contribution in [0.25, 0.3) is 0 Å². The van der Waals surface area contributed by atoms with Crippen molar-refractivity contribution >= 4 is 22.7 Å². The van der Waals surface area contributed by atoms with Gasteiger partial charge in [-0.15, -0.1) is 0 Å². The topological polar surface area (TPSA) is 74.7 Å². The second-order valence-electron chi connectivity index (χ2n) is 4.53. The number of rotatable bonds is 5. The van der Waals surface area contributed by atoms with Crippen molar-refractivity contribution in [3.05, 3.63) is 0 Å². The third-order valence-corrected chi connectivity index (χ3v) is 3.96. The van der Waals surface area contributed by atoms with Crippen LogP contribution >= 0.6 is 0 Å². The van der Waals surface area contributed by atoms with E-state index in [9.17, 15) is 13.8 Å². The van der Waals surface area contributed by atoms with Crippen LogP contribution in [0.15, 0.2) is 0 Å². The number of hydrogen-bond acceptors (Lipinski definition) is 3. The number of carboxylic acids is 1. The maximum Gasteiger partial charge on any atom is 0.308 e. The van der Waals surface area contributed by atoms with Crippen LogP contribution in [0, 0.1) is 5.92 Å². The van der Waals surface area contributed by atoms with Crippen LogP contribution < -0.4 is 0 Å². The number of piperidine rings is 1. The van der Waals surface area contributed by atoms with Crippen molar-refractivity contribution in [3.63, 3.8) is 0 Å². The van der Waals surface area contributed by atoms with Crippen LogP contribution in [-0.4, -0.2) is 50.7 Å². The molecule has 17 heavy (non-hydrogen) atoms. The molecule has 0 radical (unpaired) electrons. The number of nitrogens with zero attached hydrogens (tertiary/aromatic N) is 1. The minimum absolute atomic E-state index is 0.0110. The van der Waals surface area contributed by atoms with Crippen LogP contribution in [0.1, 0.15) is 26.2 Å². The average molecular weight is 261 g/mol. The van der Waals surface area contributed by atoms with Crippen LogP contribution in [0.5, 0.6) is 0 Å². The maximum atomic E-state index is 11.7. The molecule has 3 unspecified atom stereocenters. The molecule has 1 heterocycles. The van der Waals surface area contributed by atoms with E-state index in [1.807, 2.05) is 6.92 Å². The van der Waals surface area contributed by atoms with E-state index in [4.69, 9.17) is 5.11 Å². The normalized spacial score (nSPS) is 24.5. The predicted molar refractivity (Wildman–Crippen MR) is 65.1 cm³/mol. The van der Waals surface area contributed by atoms with Gasteiger partial charge in [0.1, 0.15) is 0 Å². The summed E-state index contributed by atoms with van der Waals surface area (Å²) in [4.78, 5) is 24.2. The van der Waals surface area contributed by atoms with Crippen molar-refractivity contribution in [2.24, 2.45) is 5.92 Å². The van der Waals surface area contributed by atoms with Gasteiger partial charge in [-0.25, -0.2) is 0 Å². The van der Waals surface area contributed by atoms with Gasteiger partial charge in [0.15, 0.2) is 0 Å². The van der Waals surface area contributed by atoms with Crippen LogP contribution in [-0.2, 0) is 20.4 Å². The molecule has 1 N–H and O–H groups in total. The molecule has 1 aliphatic rings. The number of carbonyl (C=O) groups excluding carboxylic acids is 1. The van der Waals surface area contributed by atoms with Crippen molar-refractivity contribution in [1.82, 2.24) is 4.90 Å². The van der Waals surface area contributed by atoms with Gasteiger partial charge in [0.2, 0.25) is 5.91 Å². The number of carboxylic acid groups (broad SMARTS) is 1. The first-order valence-electron chi connectivity index (χ1n) is 5.74. The van der Waals surface area contributed by atoms with E-state index in [1.54, 1.807) is 11.2 Å². The zero-order valence-electron chi connectivity index (χ0n) is 10.2. The van der Waals surface area contributed by atoms with Crippen molar-refractivity contribution in [3.8, 4) is 0 Å². The van der Waals surface area contributed by atoms with Crippen molar-refractivity contribution in [1.29, 1.82) is 0 Å². The van der Waals surface area contributed by atoms with Gasteiger partial charge in [-0.05, 0) is 19.8 Å². The van der Waals surface area contributed by atoms with Gasteiger partial charge in [-0.2, -0.15) is 0 Å². The second kappa shape index (κ2) is 6.14. The Morgan fingerprint density at radius 2 is 2.29 bits per heavy atom. The first kappa shape index (κ1) is 14.2. The van der Waals surface area contributed by atoms with E-state index in [0.29, 0.717) is 25.0 Å². The van der Waals surface area contributed by atoms with Gasteiger partial charge in [0, 0.05) is 41.8 Å². The molecule has 0 spiro atoms. The Morgan fingerprint density at radius 1 is 1.65 bits per heavy atom. The minimum atomic E-state index is -0.874. The Balaban J connectivity index is 2.57. The lowest BCUT2D eigenvalue weighted by atomic mass is 9.96. The van der Waals surface area contributed by atoms with E-state index in [-0.39, 0.29) is 18.5 Å². The lowest BCUT2D eigenvalue weighted by Crippen LogP contribution is -2.47. The van der Waals surface area contributed by atoms with Crippen LogP contribution in [0.2, 0.25) is 0 Å². The summed E-state index contributed by atoms with van der Waals surface area (Å²) in [5, 5.41) is 8.96. The Kier molecular flexibility index (Phi) is 5.11. The standard InChI is InChI=1S/C11H19NO4S/c1-8(5-6-17(2)16)12-7-9(11(14)15)3-4-10(12)13/h8-9H,3-7H2,1-2H3,(H,14,15). The molecule has 1 saturated heterocycles. The largest absolute Gasteiger partial charge is 0.481 e. The molecule has 0 bridgehead atoms. The highest BCUT2D eigenvalue weighted by Crippen LogP contribution is 2.21. The fourth-order valence-electron chi connectivity index (χ4n) is 1.99. The molecular formula is C11H19NO4S. The Labute approximate surface area is 104 Å². The predicted octanol–water partition coefficient (Wildman–Crippen LogP) is 0.467. The van der Waals surface area contributed by atoms with E-state index in [0.717, 1.165) is 0 Å². The van der Waals surface area contributed by atoms with Crippen molar-refractivity contribution in [2.75, 3.05) is 18.6 Å². The Hall–Kier alpha value is -0.910. The SMILES string of the molecule is CC(CCS(C)=O)N1CC(C(=O)O)CCC1=O. The summed E-state index contributed by atoms with van der Waals surface area (Å²) in [5.41, 5.74) is 0. The Morgan fingerprint density at radius 3 is 2.82 bits per heavy atom. The third kappa shape index (κ3) is 4.11. The van der Waals surface area contributed by atoms with E-state index in [2.05, 4.69) is 0 Å². The molecule has 3 atom stereocenters. The molecule has 1 rings (SSSR count). The van der Waals surface area contributed by atoms with Gasteiger partial charge in [-0.1, -0.05) is 0 Å². The van der Waals surface area contributed by atoms with Crippen molar-refractivity contribution in [2.45, 2.75) is 32.2 Å². The first-order valence-corrected chi connectivity index (χ1v) is 7.46. The summed E-state index contributed by atoms with van der Waals surface area (Å²) in [6, 6.07) is -0.0338. The number of carbonyl (C=O) groups is 2. The molecule has 0 aromatic rings. The highest BCUT2D eigenvalue weighted by molar-refractivity contribution is 7.84. The fraction of sp³-hybridized carbons (Fsp3) is 0.818. The van der Waals surface area contributed by atoms with Gasteiger partial charge in [0.05, 0.1) is 5.92 Å². The summed E-state index contributed by atoms with van der Waals surface area (Å²) in [5.74, 6) is -0.740. The summed E-state index contributed by atoms with van der Waals surface area (Å²) < 4.78 is 11.0. The number of likely N-dealkylation sites (tertiary alicyclic amines) is 1. The lowest BCUT2D eigenvalue weighted by Gasteiger charge is -2.35. The maximum absolute atomic E-state index is 11.7. The van der Waals surface area contributed by atoms with E-state index >= 15 is 0 Å². The average Bonchev–Trinajstić information content (AvgIpc) is 2.26. The molecule has 1 amide bonds. The first-order chi connectivity index (χ1) is 7.91. The molecule has 98 valence electrons. The number of hydrogen-bond donors (Lipinski definition) is 1. The van der Waals surface area contributed by atoms with Gasteiger partial charge in [-0.3, -0.25) is 13.8 Å². The second-order valence-corrected chi connectivity index (χ2v) is 6.09. The number of aliphatic carboxylic acids is 1. The summed E-state index contributed by atoms with van der Waals surface area (Å²) in [6.07, 6.45) is 3.01. The minimum Gasteiger partial charge on any atom is -0.481 e.